The van der Waals surface area contributed by atoms with Crippen LogP contribution in [0.4, 0.5) is 0 Å². The number of cyclic esters (lactones) is 2. The Hall–Kier alpha value is -1.12. The van der Waals surface area contributed by atoms with Gasteiger partial charge in [-0.15, -0.1) is 0 Å². The summed E-state index contributed by atoms with van der Waals surface area (Å²) >= 11 is 0. The van der Waals surface area contributed by atoms with Crippen molar-refractivity contribution in [2.75, 3.05) is 0 Å². The van der Waals surface area contributed by atoms with E-state index in [-0.39, 0.29) is 17.9 Å². The molecule has 1 rings (SSSR count). The molecule has 3 heteroatoms. The zero-order valence-corrected chi connectivity index (χ0v) is 19.1. The molecule has 1 fully saturated rings. The minimum atomic E-state index is -0.345. The molecule has 0 N–H and O–H groups in total. The molecule has 0 amide bonds. The summed E-state index contributed by atoms with van der Waals surface area (Å²) in [5, 5.41) is 0. The maximum absolute atomic E-state index is 11.4. The summed E-state index contributed by atoms with van der Waals surface area (Å²) in [6, 6.07) is 0. The van der Waals surface area contributed by atoms with Gasteiger partial charge in [0.2, 0.25) is 0 Å². The van der Waals surface area contributed by atoms with Crippen molar-refractivity contribution in [2.24, 2.45) is 5.92 Å². The second-order valence-electron chi connectivity index (χ2n) is 8.83. The van der Waals surface area contributed by atoms with Crippen LogP contribution in [-0.2, 0) is 14.3 Å². The number of carbonyl (C=O) groups excluding carboxylic acids is 2. The van der Waals surface area contributed by atoms with E-state index in [2.05, 4.69) is 23.8 Å². The van der Waals surface area contributed by atoms with Crippen LogP contribution in [0.25, 0.3) is 0 Å². The summed E-state index contributed by atoms with van der Waals surface area (Å²) in [4.78, 5) is 22.4. The van der Waals surface area contributed by atoms with Crippen LogP contribution in [0.1, 0.15) is 135 Å². The molecule has 1 atom stereocenters. The van der Waals surface area contributed by atoms with E-state index >= 15 is 0 Å². The number of carbonyl (C=O) groups is 2. The fourth-order valence-corrected chi connectivity index (χ4v) is 4.09. The molecular formula is C26H46O3. The highest BCUT2D eigenvalue weighted by molar-refractivity contribution is 5.94. The Bertz CT molecular complexity index is 441. The van der Waals surface area contributed by atoms with E-state index in [9.17, 15) is 9.59 Å². The van der Waals surface area contributed by atoms with Crippen LogP contribution in [-0.4, -0.2) is 11.9 Å². The molecule has 1 unspecified atom stereocenters. The lowest BCUT2D eigenvalue weighted by Gasteiger charge is -2.04. The fraction of sp³-hybridized carbons (Fsp3) is 0.846. The van der Waals surface area contributed by atoms with Crippen molar-refractivity contribution in [3.63, 3.8) is 0 Å². The largest absolute Gasteiger partial charge is 0.393 e. The van der Waals surface area contributed by atoms with Gasteiger partial charge in [-0.3, -0.25) is 9.59 Å². The van der Waals surface area contributed by atoms with Crippen LogP contribution in [0.2, 0.25) is 0 Å². The third-order valence-electron chi connectivity index (χ3n) is 6.03. The normalized spacial score (nSPS) is 16.8. The highest BCUT2D eigenvalue weighted by Gasteiger charge is 2.32. The van der Waals surface area contributed by atoms with Gasteiger partial charge in [0.15, 0.2) is 0 Å². The van der Waals surface area contributed by atoms with Crippen molar-refractivity contribution in [1.29, 1.82) is 0 Å². The summed E-state index contributed by atoms with van der Waals surface area (Å²) in [5.41, 5.74) is 0. The highest BCUT2D eigenvalue weighted by atomic mass is 16.6. The first-order valence-electron chi connectivity index (χ1n) is 12.6. The van der Waals surface area contributed by atoms with E-state index in [0.717, 1.165) is 19.3 Å². The Balaban J connectivity index is 1.73. The van der Waals surface area contributed by atoms with Gasteiger partial charge in [0, 0.05) is 0 Å². The van der Waals surface area contributed by atoms with Crippen LogP contribution in [0.3, 0.4) is 0 Å². The number of ether oxygens (including phenoxy) is 1. The van der Waals surface area contributed by atoms with E-state index in [1.807, 2.05) is 0 Å². The number of allylic oxidation sites excluding steroid dienone is 2. The summed E-state index contributed by atoms with van der Waals surface area (Å²) in [5.74, 6) is -0.812. The minimum absolute atomic E-state index is 0.162. The fourth-order valence-electron chi connectivity index (χ4n) is 4.09. The number of hydrogen-bond acceptors (Lipinski definition) is 3. The molecule has 0 aliphatic carbocycles. The monoisotopic (exact) mass is 406 g/mol. The quantitative estimate of drug-likeness (QED) is 0.0888. The topological polar surface area (TPSA) is 43.4 Å². The molecule has 0 radical (unpaired) electrons. The van der Waals surface area contributed by atoms with E-state index in [4.69, 9.17) is 0 Å². The summed E-state index contributed by atoms with van der Waals surface area (Å²) in [7, 11) is 0. The smallest absolute Gasteiger partial charge is 0.317 e. The average molecular weight is 407 g/mol. The zero-order chi connectivity index (χ0) is 21.0. The Morgan fingerprint density at radius 1 is 0.690 bits per heavy atom. The Labute approximate surface area is 180 Å². The molecule has 0 saturated carbocycles. The van der Waals surface area contributed by atoms with Crippen molar-refractivity contribution < 1.29 is 14.3 Å². The minimum Gasteiger partial charge on any atom is -0.393 e. The van der Waals surface area contributed by atoms with Crippen LogP contribution in [0.15, 0.2) is 12.2 Å². The number of rotatable bonds is 20. The Morgan fingerprint density at radius 3 is 1.59 bits per heavy atom. The lowest BCUT2D eigenvalue weighted by Crippen LogP contribution is -2.06. The number of unbranched alkanes of at least 4 members (excludes halogenated alkanes) is 16. The predicted molar refractivity (Wildman–Crippen MR) is 122 cm³/mol. The Kier molecular flexibility index (Phi) is 16.9. The van der Waals surface area contributed by atoms with E-state index < -0.39 is 0 Å². The van der Waals surface area contributed by atoms with E-state index in [1.54, 1.807) is 0 Å². The molecule has 1 aliphatic heterocycles. The van der Waals surface area contributed by atoms with Crippen molar-refractivity contribution in [3.05, 3.63) is 12.2 Å². The molecule has 29 heavy (non-hydrogen) atoms. The molecular weight excluding hydrogens is 360 g/mol. The first-order valence-corrected chi connectivity index (χ1v) is 12.6. The zero-order valence-electron chi connectivity index (χ0n) is 19.1. The third kappa shape index (κ3) is 15.4. The molecule has 0 aromatic rings. The molecule has 0 aromatic heterocycles. The molecule has 0 aromatic carbocycles. The first-order chi connectivity index (χ1) is 14.2. The van der Waals surface area contributed by atoms with Crippen molar-refractivity contribution in [2.45, 2.75) is 135 Å². The van der Waals surface area contributed by atoms with Crippen molar-refractivity contribution in [3.8, 4) is 0 Å². The van der Waals surface area contributed by atoms with Crippen molar-refractivity contribution >= 4 is 11.9 Å². The average Bonchev–Trinajstić information content (AvgIpc) is 3.03. The number of hydrogen-bond donors (Lipinski definition) is 0. The molecule has 1 heterocycles. The van der Waals surface area contributed by atoms with Gasteiger partial charge in [0.1, 0.15) is 0 Å². The molecule has 168 valence electrons. The molecule has 3 nitrogen and oxygen atoms in total. The predicted octanol–water partition coefficient (Wildman–Crippen LogP) is 8.06. The summed E-state index contributed by atoms with van der Waals surface area (Å²) in [6.45, 7) is 2.28. The van der Waals surface area contributed by atoms with Gasteiger partial charge in [0.05, 0.1) is 12.3 Å². The molecule has 0 spiro atoms. The second-order valence-corrected chi connectivity index (χ2v) is 8.83. The molecule has 0 bridgehead atoms. The third-order valence-corrected chi connectivity index (χ3v) is 6.03. The van der Waals surface area contributed by atoms with Gasteiger partial charge in [-0.05, 0) is 32.1 Å². The van der Waals surface area contributed by atoms with Crippen LogP contribution in [0.5, 0.6) is 0 Å². The van der Waals surface area contributed by atoms with Crippen LogP contribution < -0.4 is 0 Å². The van der Waals surface area contributed by atoms with Crippen LogP contribution in [0, 0.1) is 5.92 Å². The summed E-state index contributed by atoms with van der Waals surface area (Å²) in [6.07, 6.45) is 29.7. The van der Waals surface area contributed by atoms with Crippen LogP contribution >= 0.6 is 0 Å². The molecule has 1 aliphatic rings. The van der Waals surface area contributed by atoms with Gasteiger partial charge in [-0.25, -0.2) is 0 Å². The van der Waals surface area contributed by atoms with Crippen molar-refractivity contribution in [1.82, 2.24) is 0 Å². The highest BCUT2D eigenvalue weighted by Crippen LogP contribution is 2.22. The lowest BCUT2D eigenvalue weighted by molar-refractivity contribution is -0.153. The van der Waals surface area contributed by atoms with Gasteiger partial charge in [-0.1, -0.05) is 109 Å². The lowest BCUT2D eigenvalue weighted by atomic mass is 9.99. The molecule has 1 saturated heterocycles. The first kappa shape index (κ1) is 25.9. The van der Waals surface area contributed by atoms with Gasteiger partial charge in [0.25, 0.3) is 0 Å². The van der Waals surface area contributed by atoms with E-state index in [0.29, 0.717) is 6.42 Å². The second kappa shape index (κ2) is 18.9. The summed E-state index contributed by atoms with van der Waals surface area (Å²) < 4.78 is 4.58. The van der Waals surface area contributed by atoms with Gasteiger partial charge >= 0.3 is 11.9 Å². The standard InChI is InChI=1S/C26H46O3/c1-2-3-4-5-6-7-8-9-10-11-12-13-14-15-16-17-18-19-20-21-22-24-23-25(27)29-26(24)28/h12-13,24H,2-11,14-23H2,1H3/b13-12+. The maximum atomic E-state index is 11.4. The van der Waals surface area contributed by atoms with Gasteiger partial charge < -0.3 is 4.74 Å². The van der Waals surface area contributed by atoms with Gasteiger partial charge in [-0.2, -0.15) is 0 Å². The van der Waals surface area contributed by atoms with E-state index in [1.165, 1.54) is 103 Å². The maximum Gasteiger partial charge on any atom is 0.317 e. The number of esters is 2. The Morgan fingerprint density at radius 2 is 1.14 bits per heavy atom. The SMILES string of the molecule is CCCCCCCCCCC/C=C/CCCCCCCCCC1CC(=O)OC1=O.